The van der Waals surface area contributed by atoms with E-state index in [2.05, 4.69) is 13.8 Å². The first-order chi connectivity index (χ1) is 13.2. The molecule has 0 saturated heterocycles. The second kappa shape index (κ2) is 19.9. The maximum atomic E-state index is 12.3. The van der Waals surface area contributed by atoms with Crippen molar-refractivity contribution in [2.75, 3.05) is 6.54 Å². The lowest BCUT2D eigenvalue weighted by molar-refractivity contribution is -0.144. The molecule has 0 aliphatic rings. The minimum atomic E-state index is 0.0352. The molecule has 0 radical (unpaired) electrons. The minimum Gasteiger partial charge on any atom is -0.283 e. The van der Waals surface area contributed by atoms with Gasteiger partial charge in [-0.25, -0.2) is 0 Å². The Morgan fingerprint density at radius 2 is 0.778 bits per heavy atom. The van der Waals surface area contributed by atoms with Crippen LogP contribution in [0.5, 0.6) is 0 Å². The van der Waals surface area contributed by atoms with E-state index >= 15 is 0 Å². The topological polar surface area (TPSA) is 37.4 Å². The van der Waals surface area contributed by atoms with Crippen molar-refractivity contribution in [1.29, 1.82) is 0 Å². The first-order valence-corrected chi connectivity index (χ1v) is 12.0. The van der Waals surface area contributed by atoms with Crippen molar-refractivity contribution in [3.63, 3.8) is 0 Å². The molecule has 0 N–H and O–H groups in total. The lowest BCUT2D eigenvalue weighted by Crippen LogP contribution is -2.36. The Hall–Kier alpha value is -0.860. The number of unbranched alkanes of at least 4 members (excludes halogenated alkanes) is 14. The molecule has 0 aromatic carbocycles. The van der Waals surface area contributed by atoms with Gasteiger partial charge in [-0.05, 0) is 19.8 Å². The van der Waals surface area contributed by atoms with Gasteiger partial charge in [-0.1, -0.05) is 104 Å². The third-order valence-electron chi connectivity index (χ3n) is 5.41. The predicted octanol–water partition coefficient (Wildman–Crippen LogP) is 7.42. The fourth-order valence-electron chi connectivity index (χ4n) is 3.58. The van der Waals surface area contributed by atoms with Crippen molar-refractivity contribution >= 4 is 11.8 Å². The first kappa shape index (κ1) is 26.1. The number of carbonyl (C=O) groups is 2. The second-order valence-corrected chi connectivity index (χ2v) is 7.98. The fraction of sp³-hybridized carbons (Fsp3) is 0.917. The molecule has 0 spiro atoms. The molecule has 160 valence electrons. The van der Waals surface area contributed by atoms with Crippen LogP contribution in [0.1, 0.15) is 136 Å². The first-order valence-electron chi connectivity index (χ1n) is 12.0. The lowest BCUT2D eigenvalue weighted by Gasteiger charge is -2.19. The molecular weight excluding hydrogens is 334 g/mol. The molecule has 0 saturated carbocycles. The van der Waals surface area contributed by atoms with Crippen molar-refractivity contribution in [3.8, 4) is 0 Å². The molecule has 0 aliphatic carbocycles. The number of amides is 2. The Bertz CT molecular complexity index is 322. The molecule has 0 rings (SSSR count). The average molecular weight is 382 g/mol. The molecule has 27 heavy (non-hydrogen) atoms. The van der Waals surface area contributed by atoms with Crippen LogP contribution in [0.25, 0.3) is 0 Å². The third-order valence-corrected chi connectivity index (χ3v) is 5.41. The SMILES string of the molecule is CCCCCCCCCCC(=O)N(CC)C(=O)CCCCCCCCCC. The fourth-order valence-corrected chi connectivity index (χ4v) is 3.58. The molecule has 0 atom stereocenters. The lowest BCUT2D eigenvalue weighted by atomic mass is 10.1. The quantitative estimate of drug-likeness (QED) is 0.218. The number of imide groups is 1. The van der Waals surface area contributed by atoms with Crippen LogP contribution >= 0.6 is 0 Å². The number of hydrogen-bond acceptors (Lipinski definition) is 2. The molecule has 0 aromatic heterocycles. The van der Waals surface area contributed by atoms with Gasteiger partial charge >= 0.3 is 0 Å². The van der Waals surface area contributed by atoms with Gasteiger partial charge in [0.1, 0.15) is 0 Å². The summed E-state index contributed by atoms with van der Waals surface area (Å²) in [5, 5.41) is 0. The number of carbonyl (C=O) groups excluding carboxylic acids is 2. The van der Waals surface area contributed by atoms with E-state index in [0.29, 0.717) is 19.4 Å². The van der Waals surface area contributed by atoms with Gasteiger partial charge in [-0.15, -0.1) is 0 Å². The van der Waals surface area contributed by atoms with Gasteiger partial charge in [-0.3, -0.25) is 14.5 Å². The van der Waals surface area contributed by atoms with E-state index in [4.69, 9.17) is 0 Å². The Kier molecular flexibility index (Phi) is 19.3. The minimum absolute atomic E-state index is 0.0352. The van der Waals surface area contributed by atoms with E-state index < -0.39 is 0 Å². The van der Waals surface area contributed by atoms with Gasteiger partial charge in [0.15, 0.2) is 0 Å². The molecule has 0 bridgehead atoms. The zero-order valence-electron chi connectivity index (χ0n) is 18.7. The maximum Gasteiger partial charge on any atom is 0.229 e. The molecule has 0 unspecified atom stereocenters. The molecule has 2 amide bonds. The standard InChI is InChI=1S/C24H47NO2/c1-4-7-9-11-13-15-17-19-21-23(26)25(6-3)24(27)22-20-18-16-14-12-10-8-5-2/h4-22H2,1-3H3. The molecule has 0 fully saturated rings. The highest BCUT2D eigenvalue weighted by atomic mass is 16.2. The Labute approximate surface area is 169 Å². The van der Waals surface area contributed by atoms with Crippen molar-refractivity contribution in [2.45, 2.75) is 136 Å². The van der Waals surface area contributed by atoms with Crippen molar-refractivity contribution in [2.24, 2.45) is 0 Å². The van der Waals surface area contributed by atoms with Gasteiger partial charge in [0, 0.05) is 19.4 Å². The van der Waals surface area contributed by atoms with Crippen molar-refractivity contribution in [1.82, 2.24) is 4.90 Å². The molecule has 3 nitrogen and oxygen atoms in total. The maximum absolute atomic E-state index is 12.3. The van der Waals surface area contributed by atoms with Gasteiger partial charge in [0.05, 0.1) is 0 Å². The summed E-state index contributed by atoms with van der Waals surface area (Å²) in [5.41, 5.74) is 0. The molecule has 0 aliphatic heterocycles. The summed E-state index contributed by atoms with van der Waals surface area (Å²) in [4.78, 5) is 26.1. The summed E-state index contributed by atoms with van der Waals surface area (Å²) in [7, 11) is 0. The summed E-state index contributed by atoms with van der Waals surface area (Å²) in [6.07, 6.45) is 20.7. The number of nitrogens with zero attached hydrogens (tertiary/aromatic N) is 1. The van der Waals surface area contributed by atoms with Crippen LogP contribution in [0.4, 0.5) is 0 Å². The van der Waals surface area contributed by atoms with Crippen LogP contribution in [0, 0.1) is 0 Å². The van der Waals surface area contributed by atoms with Gasteiger partial charge < -0.3 is 0 Å². The Balaban J connectivity index is 3.73. The van der Waals surface area contributed by atoms with Crippen LogP contribution in [0.3, 0.4) is 0 Å². The predicted molar refractivity (Wildman–Crippen MR) is 117 cm³/mol. The van der Waals surface area contributed by atoms with Gasteiger partial charge in [0.2, 0.25) is 11.8 Å². The van der Waals surface area contributed by atoms with Crippen LogP contribution in [0.15, 0.2) is 0 Å². The van der Waals surface area contributed by atoms with E-state index in [1.807, 2.05) is 6.92 Å². The smallest absolute Gasteiger partial charge is 0.229 e. The van der Waals surface area contributed by atoms with E-state index in [-0.39, 0.29) is 11.8 Å². The second-order valence-electron chi connectivity index (χ2n) is 7.98. The van der Waals surface area contributed by atoms with Crippen LogP contribution in [-0.2, 0) is 9.59 Å². The zero-order chi connectivity index (χ0) is 20.2. The third kappa shape index (κ3) is 15.9. The highest BCUT2D eigenvalue weighted by Gasteiger charge is 2.18. The Morgan fingerprint density at radius 3 is 1.07 bits per heavy atom. The summed E-state index contributed by atoms with van der Waals surface area (Å²) < 4.78 is 0. The van der Waals surface area contributed by atoms with Gasteiger partial charge in [-0.2, -0.15) is 0 Å². The number of hydrogen-bond donors (Lipinski definition) is 0. The number of rotatable bonds is 19. The van der Waals surface area contributed by atoms with Gasteiger partial charge in [0.25, 0.3) is 0 Å². The monoisotopic (exact) mass is 381 g/mol. The highest BCUT2D eigenvalue weighted by molar-refractivity contribution is 5.95. The molecule has 0 aromatic rings. The van der Waals surface area contributed by atoms with Crippen molar-refractivity contribution < 1.29 is 9.59 Å². The van der Waals surface area contributed by atoms with E-state index in [0.717, 1.165) is 25.7 Å². The summed E-state index contributed by atoms with van der Waals surface area (Å²) >= 11 is 0. The van der Waals surface area contributed by atoms with Crippen LogP contribution in [-0.4, -0.2) is 23.3 Å². The Morgan fingerprint density at radius 1 is 0.481 bits per heavy atom. The molecule has 3 heteroatoms. The average Bonchev–Trinajstić information content (AvgIpc) is 2.66. The largest absolute Gasteiger partial charge is 0.283 e. The van der Waals surface area contributed by atoms with E-state index in [1.165, 1.54) is 81.9 Å². The molecule has 0 heterocycles. The normalized spacial score (nSPS) is 10.9. The summed E-state index contributed by atoms with van der Waals surface area (Å²) in [5.74, 6) is 0.0705. The van der Waals surface area contributed by atoms with Crippen molar-refractivity contribution in [3.05, 3.63) is 0 Å². The summed E-state index contributed by atoms with van der Waals surface area (Å²) in [6, 6.07) is 0. The van der Waals surface area contributed by atoms with Crippen LogP contribution < -0.4 is 0 Å². The highest BCUT2D eigenvalue weighted by Crippen LogP contribution is 2.13. The van der Waals surface area contributed by atoms with Crippen LogP contribution in [0.2, 0.25) is 0 Å². The van der Waals surface area contributed by atoms with E-state index in [1.54, 1.807) is 0 Å². The molecular formula is C24H47NO2. The summed E-state index contributed by atoms with van der Waals surface area (Å²) in [6.45, 7) is 6.91. The zero-order valence-corrected chi connectivity index (χ0v) is 18.7. The van der Waals surface area contributed by atoms with E-state index in [9.17, 15) is 9.59 Å².